The van der Waals surface area contributed by atoms with Crippen molar-refractivity contribution in [3.8, 4) is 0 Å². The van der Waals surface area contributed by atoms with Crippen molar-refractivity contribution in [1.29, 1.82) is 0 Å². The van der Waals surface area contributed by atoms with E-state index in [1.807, 2.05) is 24.3 Å². The Hall–Kier alpha value is -4.71. The maximum atomic E-state index is 11.6. The summed E-state index contributed by atoms with van der Waals surface area (Å²) in [7, 11) is 0. The van der Waals surface area contributed by atoms with Crippen LogP contribution in [-0.4, -0.2) is 45.5 Å². The first-order valence-electron chi connectivity index (χ1n) is 14.8. The van der Waals surface area contributed by atoms with Crippen LogP contribution in [0.1, 0.15) is 51.7 Å². The van der Waals surface area contributed by atoms with Crippen LogP contribution in [0.4, 0.5) is 11.4 Å². The summed E-state index contributed by atoms with van der Waals surface area (Å²) in [6.07, 6.45) is 6.32. The highest BCUT2D eigenvalue weighted by atomic mass is 16.4. The molecule has 4 aromatic rings. The molecule has 6 heteroatoms. The summed E-state index contributed by atoms with van der Waals surface area (Å²) in [5.74, 6) is -1.66. The largest absolute Gasteiger partial charge is 0.481 e. The minimum atomic E-state index is -0.829. The van der Waals surface area contributed by atoms with Crippen molar-refractivity contribution in [3.63, 3.8) is 0 Å². The van der Waals surface area contributed by atoms with Gasteiger partial charge >= 0.3 is 11.9 Å². The van der Waals surface area contributed by atoms with Crippen LogP contribution in [0.25, 0.3) is 21.5 Å². The molecule has 0 radical (unpaired) electrons. The lowest BCUT2D eigenvalue weighted by Gasteiger charge is -2.26. The van der Waals surface area contributed by atoms with Crippen molar-refractivity contribution < 1.29 is 24.4 Å². The van der Waals surface area contributed by atoms with E-state index in [1.54, 1.807) is 0 Å². The first-order chi connectivity index (χ1) is 20.5. The number of carboxylic acids is 2. The molecule has 2 N–H and O–H groups in total. The van der Waals surface area contributed by atoms with Crippen LogP contribution >= 0.6 is 0 Å². The molecule has 0 fully saturated rings. The number of hydrogen-bond donors (Lipinski definition) is 2. The number of carboxylic acid groups (broad SMARTS) is 2. The van der Waals surface area contributed by atoms with E-state index in [9.17, 15) is 19.8 Å². The van der Waals surface area contributed by atoms with Gasteiger partial charge in [-0.1, -0.05) is 74.5 Å². The van der Waals surface area contributed by atoms with Crippen LogP contribution < -0.4 is 4.90 Å². The van der Waals surface area contributed by atoms with Crippen LogP contribution in [0.5, 0.6) is 0 Å². The van der Waals surface area contributed by atoms with Crippen LogP contribution in [-0.2, 0) is 20.4 Å². The summed E-state index contributed by atoms with van der Waals surface area (Å²) in [5, 5.41) is 23.8. The summed E-state index contributed by atoms with van der Waals surface area (Å²) < 4.78 is 2.15. The van der Waals surface area contributed by atoms with Gasteiger partial charge in [0.15, 0.2) is 12.3 Å². The molecule has 4 aromatic carbocycles. The highest BCUT2D eigenvalue weighted by Gasteiger charge is 2.46. The molecule has 0 spiro atoms. The average Bonchev–Trinajstić information content (AvgIpc) is 3.33. The second kappa shape index (κ2) is 10.5. The summed E-state index contributed by atoms with van der Waals surface area (Å²) >= 11 is 0. The third-order valence-corrected chi connectivity index (χ3v) is 9.11. The monoisotopic (exact) mass is 573 g/mol. The number of allylic oxidation sites excluding steroid dienone is 4. The number of rotatable bonds is 8. The van der Waals surface area contributed by atoms with Crippen LogP contribution in [0.2, 0.25) is 0 Å². The molecule has 0 aromatic heterocycles. The van der Waals surface area contributed by atoms with Gasteiger partial charge in [-0.05, 0) is 59.2 Å². The fourth-order valence-electron chi connectivity index (χ4n) is 7.20. The third kappa shape index (κ3) is 4.71. The Bertz CT molecular complexity index is 1890. The van der Waals surface area contributed by atoms with E-state index in [2.05, 4.69) is 104 Å². The second-order valence-electron chi connectivity index (χ2n) is 12.5. The average molecular weight is 574 g/mol. The van der Waals surface area contributed by atoms with Gasteiger partial charge in [0, 0.05) is 41.1 Å². The van der Waals surface area contributed by atoms with Crippen molar-refractivity contribution in [2.75, 3.05) is 18.0 Å². The van der Waals surface area contributed by atoms with Crippen molar-refractivity contribution in [3.05, 3.63) is 108 Å². The van der Waals surface area contributed by atoms with E-state index in [0.29, 0.717) is 13.1 Å². The SMILES string of the molecule is CC1(C)C(/C=C/C=C2\N(CCC(=O)O)c3ccc4ccccc4c3C2(C)C)=[N+](CCC(=O)O)c2ccc3ccccc3c21. The summed E-state index contributed by atoms with van der Waals surface area (Å²) in [5.41, 5.74) is 5.83. The zero-order valence-electron chi connectivity index (χ0n) is 25.1. The molecule has 6 rings (SSSR count). The topological polar surface area (TPSA) is 80.9 Å². The number of carbonyl (C=O) groups is 2. The summed E-state index contributed by atoms with van der Waals surface area (Å²) in [4.78, 5) is 25.4. The molecule has 43 heavy (non-hydrogen) atoms. The number of anilines is 1. The molecule has 6 nitrogen and oxygen atoms in total. The lowest BCUT2D eigenvalue weighted by atomic mass is 9.79. The minimum Gasteiger partial charge on any atom is -0.481 e. The van der Waals surface area contributed by atoms with E-state index in [4.69, 9.17) is 0 Å². The van der Waals surface area contributed by atoms with Gasteiger partial charge in [0.1, 0.15) is 6.42 Å². The maximum Gasteiger partial charge on any atom is 0.309 e. The molecule has 2 heterocycles. The Morgan fingerprint density at radius 2 is 1.37 bits per heavy atom. The number of aliphatic carboxylic acids is 2. The Morgan fingerprint density at radius 3 is 2.02 bits per heavy atom. The summed E-state index contributed by atoms with van der Waals surface area (Å²) in [6, 6.07) is 25.1. The Kier molecular flexibility index (Phi) is 6.96. The quantitative estimate of drug-likeness (QED) is 0.213. The van der Waals surface area contributed by atoms with E-state index in [1.165, 1.54) is 21.9 Å². The molecule has 218 valence electrons. The predicted molar refractivity (Wildman–Crippen MR) is 173 cm³/mol. The van der Waals surface area contributed by atoms with Gasteiger partial charge in [-0.2, -0.15) is 4.58 Å². The van der Waals surface area contributed by atoms with Gasteiger partial charge in [-0.15, -0.1) is 0 Å². The van der Waals surface area contributed by atoms with E-state index >= 15 is 0 Å². The van der Waals surface area contributed by atoms with Crippen molar-refractivity contribution in [2.24, 2.45) is 0 Å². The third-order valence-electron chi connectivity index (χ3n) is 9.11. The van der Waals surface area contributed by atoms with Gasteiger partial charge in [0.05, 0.1) is 11.8 Å². The van der Waals surface area contributed by atoms with Crippen LogP contribution in [0, 0.1) is 0 Å². The first-order valence-corrected chi connectivity index (χ1v) is 14.8. The predicted octanol–water partition coefficient (Wildman–Crippen LogP) is 7.56. The van der Waals surface area contributed by atoms with Gasteiger partial charge in [0.2, 0.25) is 5.69 Å². The number of benzene rings is 4. The highest BCUT2D eigenvalue weighted by Crippen LogP contribution is 2.51. The van der Waals surface area contributed by atoms with Crippen LogP contribution in [0.15, 0.2) is 96.7 Å². The fraction of sp³-hybridized carbons (Fsp3) is 0.270. The molecule has 2 aliphatic heterocycles. The van der Waals surface area contributed by atoms with Crippen LogP contribution in [0.3, 0.4) is 0 Å². The molecule has 0 saturated carbocycles. The van der Waals surface area contributed by atoms with Crippen molar-refractivity contribution in [1.82, 2.24) is 0 Å². The second-order valence-corrected chi connectivity index (χ2v) is 12.5. The Morgan fingerprint density at radius 1 is 0.767 bits per heavy atom. The highest BCUT2D eigenvalue weighted by molar-refractivity contribution is 6.07. The van der Waals surface area contributed by atoms with Gasteiger partial charge in [0.25, 0.3) is 0 Å². The smallest absolute Gasteiger partial charge is 0.309 e. The van der Waals surface area contributed by atoms with E-state index < -0.39 is 11.9 Å². The van der Waals surface area contributed by atoms with Crippen molar-refractivity contribution in [2.45, 2.75) is 51.4 Å². The maximum absolute atomic E-state index is 11.6. The standard InChI is InChI=1S/C37H36N2O4/c1-36(2)30(38(22-20-32(40)41)28-18-16-24-10-5-7-12-26(24)34(28)36)14-9-15-31-37(3,4)35-27-13-8-6-11-25(27)17-19-29(35)39(31)23-21-33(42)43/h5-19H,20-23H2,1-4H3,(H-,40,41,42,43)/p+1. The van der Waals surface area contributed by atoms with Crippen molar-refractivity contribution >= 4 is 50.6 Å². The van der Waals surface area contributed by atoms with E-state index in [0.717, 1.165) is 33.6 Å². The number of nitrogens with zero attached hydrogens (tertiary/aromatic N) is 2. The molecular formula is C37H37N2O4+. The number of hydrogen-bond acceptors (Lipinski definition) is 3. The molecule has 0 amide bonds. The van der Waals surface area contributed by atoms with Gasteiger partial charge in [-0.3, -0.25) is 9.59 Å². The Balaban J connectivity index is 1.47. The normalized spacial score (nSPS) is 17.8. The molecule has 0 aliphatic carbocycles. The Labute approximate surface area is 251 Å². The zero-order chi connectivity index (χ0) is 30.5. The molecule has 0 bridgehead atoms. The molecular weight excluding hydrogens is 536 g/mol. The lowest BCUT2D eigenvalue weighted by molar-refractivity contribution is -0.436. The lowest BCUT2D eigenvalue weighted by Crippen LogP contribution is -2.29. The summed E-state index contributed by atoms with van der Waals surface area (Å²) in [6.45, 7) is 9.54. The molecule has 0 unspecified atom stereocenters. The molecule has 2 aliphatic rings. The minimum absolute atomic E-state index is 0.0269. The zero-order valence-corrected chi connectivity index (χ0v) is 25.1. The first kappa shape index (κ1) is 28.4. The molecule has 0 atom stereocenters. The molecule has 0 saturated heterocycles. The van der Waals surface area contributed by atoms with Gasteiger partial charge < -0.3 is 15.1 Å². The fourth-order valence-corrected chi connectivity index (χ4v) is 7.20. The van der Waals surface area contributed by atoms with E-state index in [-0.39, 0.29) is 23.7 Å². The van der Waals surface area contributed by atoms with Gasteiger partial charge in [-0.25, -0.2) is 0 Å². The number of fused-ring (bicyclic) bond motifs is 6.